The van der Waals surface area contributed by atoms with Crippen LogP contribution in [-0.2, 0) is 12.8 Å². The normalized spacial score (nSPS) is 20.9. The predicted molar refractivity (Wildman–Crippen MR) is 75.5 cm³/mol. The number of hydrogen-bond donors (Lipinski definition) is 1. The van der Waals surface area contributed by atoms with Gasteiger partial charge in [-0.3, -0.25) is 0 Å². The van der Waals surface area contributed by atoms with Gasteiger partial charge in [0, 0.05) is 6.42 Å². The first kappa shape index (κ1) is 12.2. The van der Waals surface area contributed by atoms with Crippen LogP contribution in [0.4, 0.5) is 0 Å². The van der Waals surface area contributed by atoms with E-state index < -0.39 is 5.60 Å². The lowest BCUT2D eigenvalue weighted by Gasteiger charge is -2.20. The first-order valence-corrected chi connectivity index (χ1v) is 6.64. The van der Waals surface area contributed by atoms with Gasteiger partial charge >= 0.3 is 0 Å². The van der Waals surface area contributed by atoms with E-state index in [9.17, 15) is 5.11 Å². The topological polar surface area (TPSA) is 29.5 Å². The molecule has 1 aliphatic heterocycles. The zero-order valence-electron chi connectivity index (χ0n) is 11.1. The molecular weight excluding hydrogens is 236 g/mol. The molecule has 1 unspecified atom stereocenters. The van der Waals surface area contributed by atoms with Gasteiger partial charge in [-0.1, -0.05) is 42.5 Å². The molecule has 3 rings (SSSR count). The van der Waals surface area contributed by atoms with Gasteiger partial charge in [0.05, 0.1) is 6.61 Å². The summed E-state index contributed by atoms with van der Waals surface area (Å²) >= 11 is 0. The highest BCUT2D eigenvalue weighted by Crippen LogP contribution is 2.35. The highest BCUT2D eigenvalue weighted by Gasteiger charge is 2.34. The summed E-state index contributed by atoms with van der Waals surface area (Å²) in [5.41, 5.74) is 3.35. The molecule has 2 heteroatoms. The van der Waals surface area contributed by atoms with Crippen molar-refractivity contribution in [3.63, 3.8) is 0 Å². The zero-order chi connectivity index (χ0) is 13.3. The van der Waals surface area contributed by atoms with E-state index in [1.807, 2.05) is 19.1 Å². The summed E-state index contributed by atoms with van der Waals surface area (Å²) in [4.78, 5) is 0. The summed E-state index contributed by atoms with van der Waals surface area (Å²) in [6, 6.07) is 16.8. The molecule has 1 aliphatic rings. The molecule has 2 aromatic carbocycles. The van der Waals surface area contributed by atoms with Crippen molar-refractivity contribution >= 4 is 0 Å². The van der Waals surface area contributed by atoms with Crippen LogP contribution >= 0.6 is 0 Å². The number of hydrogen-bond acceptors (Lipinski definition) is 2. The Morgan fingerprint density at radius 1 is 1.11 bits per heavy atom. The lowest BCUT2D eigenvalue weighted by molar-refractivity contribution is 0.0446. The fraction of sp³-hybridized carbons (Fsp3) is 0.294. The van der Waals surface area contributed by atoms with Crippen LogP contribution in [0.15, 0.2) is 48.5 Å². The highest BCUT2D eigenvalue weighted by molar-refractivity contribution is 5.43. The van der Waals surface area contributed by atoms with Crippen molar-refractivity contribution in [2.45, 2.75) is 25.4 Å². The van der Waals surface area contributed by atoms with E-state index in [4.69, 9.17) is 4.74 Å². The number of aliphatic hydroxyl groups excluding tert-OH is 1. The Morgan fingerprint density at radius 3 is 2.63 bits per heavy atom. The van der Waals surface area contributed by atoms with E-state index in [1.165, 1.54) is 16.7 Å². The van der Waals surface area contributed by atoms with E-state index in [0.717, 1.165) is 18.6 Å². The molecule has 0 saturated heterocycles. The molecule has 2 aromatic rings. The lowest BCUT2D eigenvalue weighted by Crippen LogP contribution is -2.34. The summed E-state index contributed by atoms with van der Waals surface area (Å²) in [5.74, 6) is 0.911. The van der Waals surface area contributed by atoms with Crippen LogP contribution in [0.2, 0.25) is 0 Å². The molecule has 1 N–H and O–H groups in total. The summed E-state index contributed by atoms with van der Waals surface area (Å²) in [5, 5.41) is 9.38. The maximum Gasteiger partial charge on any atom is 0.133 e. The average Bonchev–Trinajstić information content (AvgIpc) is 2.76. The fourth-order valence-electron chi connectivity index (χ4n) is 2.60. The summed E-state index contributed by atoms with van der Waals surface area (Å²) in [6.45, 7) is 2.00. The number of rotatable bonds is 3. The molecule has 0 bridgehead atoms. The van der Waals surface area contributed by atoms with Crippen LogP contribution in [0.3, 0.4) is 0 Å². The Kier molecular flexibility index (Phi) is 3.03. The monoisotopic (exact) mass is 254 g/mol. The van der Waals surface area contributed by atoms with Crippen LogP contribution in [0.1, 0.15) is 23.6 Å². The van der Waals surface area contributed by atoms with Crippen LogP contribution < -0.4 is 4.74 Å². The first-order valence-electron chi connectivity index (χ1n) is 6.64. The van der Waals surface area contributed by atoms with Gasteiger partial charge in [0.15, 0.2) is 0 Å². The van der Waals surface area contributed by atoms with Crippen LogP contribution in [0.5, 0.6) is 5.75 Å². The quantitative estimate of drug-likeness (QED) is 0.912. The van der Waals surface area contributed by atoms with Gasteiger partial charge < -0.3 is 9.84 Å². The third-order valence-corrected chi connectivity index (χ3v) is 3.63. The van der Waals surface area contributed by atoms with Crippen molar-refractivity contribution in [3.05, 3.63) is 65.2 Å². The Labute approximate surface area is 113 Å². The molecule has 1 atom stereocenters. The second-order valence-corrected chi connectivity index (χ2v) is 5.49. The molecule has 0 radical (unpaired) electrons. The molecule has 0 aliphatic carbocycles. The van der Waals surface area contributed by atoms with Crippen molar-refractivity contribution < 1.29 is 9.84 Å². The van der Waals surface area contributed by atoms with Crippen molar-refractivity contribution in [3.8, 4) is 5.75 Å². The minimum atomic E-state index is -0.451. The second kappa shape index (κ2) is 4.71. The molecule has 0 amide bonds. The standard InChI is InChI=1S/C17H18O2/c1-17(12-18)11-15-10-14(7-8-16(15)19-17)9-13-5-3-2-4-6-13/h2-8,10,18H,9,11-12H2,1H3. The Bertz CT molecular complexity index is 577. The largest absolute Gasteiger partial charge is 0.485 e. The summed E-state index contributed by atoms with van der Waals surface area (Å²) in [7, 11) is 0. The van der Waals surface area contributed by atoms with E-state index in [0.29, 0.717) is 0 Å². The third kappa shape index (κ3) is 2.49. The number of aliphatic hydroxyl groups is 1. The zero-order valence-corrected chi connectivity index (χ0v) is 11.1. The fourth-order valence-corrected chi connectivity index (χ4v) is 2.60. The smallest absolute Gasteiger partial charge is 0.133 e. The minimum Gasteiger partial charge on any atom is -0.485 e. The maximum atomic E-state index is 9.38. The minimum absolute atomic E-state index is 0.0513. The first-order chi connectivity index (χ1) is 9.18. The lowest BCUT2D eigenvalue weighted by atomic mass is 9.97. The summed E-state index contributed by atoms with van der Waals surface area (Å²) < 4.78 is 5.80. The van der Waals surface area contributed by atoms with Gasteiger partial charge in [0.1, 0.15) is 11.4 Å². The van der Waals surface area contributed by atoms with E-state index in [1.54, 1.807) is 0 Å². The van der Waals surface area contributed by atoms with E-state index in [-0.39, 0.29) is 6.61 Å². The van der Waals surface area contributed by atoms with E-state index in [2.05, 4.69) is 36.4 Å². The van der Waals surface area contributed by atoms with Gasteiger partial charge in [-0.05, 0) is 36.1 Å². The van der Waals surface area contributed by atoms with Crippen molar-refractivity contribution in [1.29, 1.82) is 0 Å². The number of ether oxygens (including phenoxy) is 1. The number of benzene rings is 2. The molecule has 0 spiro atoms. The Balaban J connectivity index is 1.83. The Hall–Kier alpha value is -1.80. The van der Waals surface area contributed by atoms with Crippen molar-refractivity contribution in [1.82, 2.24) is 0 Å². The van der Waals surface area contributed by atoms with Gasteiger partial charge in [-0.15, -0.1) is 0 Å². The van der Waals surface area contributed by atoms with Crippen molar-refractivity contribution in [2.75, 3.05) is 6.61 Å². The highest BCUT2D eigenvalue weighted by atomic mass is 16.5. The molecule has 98 valence electrons. The van der Waals surface area contributed by atoms with Gasteiger partial charge in [0.25, 0.3) is 0 Å². The van der Waals surface area contributed by atoms with Gasteiger partial charge in [-0.25, -0.2) is 0 Å². The third-order valence-electron chi connectivity index (χ3n) is 3.63. The SMILES string of the molecule is CC1(CO)Cc2cc(Cc3ccccc3)ccc2O1. The number of fused-ring (bicyclic) bond motifs is 1. The molecule has 2 nitrogen and oxygen atoms in total. The van der Waals surface area contributed by atoms with Gasteiger partial charge in [0.2, 0.25) is 0 Å². The maximum absolute atomic E-state index is 9.38. The molecule has 0 aromatic heterocycles. The predicted octanol–water partition coefficient (Wildman–Crippen LogP) is 2.96. The van der Waals surface area contributed by atoms with Gasteiger partial charge in [-0.2, -0.15) is 0 Å². The van der Waals surface area contributed by atoms with E-state index >= 15 is 0 Å². The molecule has 1 heterocycles. The summed E-state index contributed by atoms with van der Waals surface area (Å²) in [6.07, 6.45) is 1.71. The Morgan fingerprint density at radius 2 is 1.89 bits per heavy atom. The molecule has 0 saturated carbocycles. The molecule has 19 heavy (non-hydrogen) atoms. The average molecular weight is 254 g/mol. The van der Waals surface area contributed by atoms with Crippen LogP contribution in [0, 0.1) is 0 Å². The van der Waals surface area contributed by atoms with Crippen molar-refractivity contribution in [2.24, 2.45) is 0 Å². The van der Waals surface area contributed by atoms with Crippen LogP contribution in [-0.4, -0.2) is 17.3 Å². The second-order valence-electron chi connectivity index (χ2n) is 5.49. The van der Waals surface area contributed by atoms with Crippen LogP contribution in [0.25, 0.3) is 0 Å². The molecular formula is C17H18O2. The molecule has 0 fully saturated rings.